The lowest BCUT2D eigenvalue weighted by atomic mass is 10.2. The molecule has 2 rings (SSSR count). The van der Waals surface area contributed by atoms with Crippen LogP contribution in [-0.4, -0.2) is 56.1 Å². The fraction of sp³-hybridized carbons (Fsp3) is 0.588. The van der Waals surface area contributed by atoms with Crippen LogP contribution in [0.15, 0.2) is 30.3 Å². The summed E-state index contributed by atoms with van der Waals surface area (Å²) < 4.78 is 0. The van der Waals surface area contributed by atoms with Gasteiger partial charge in [0.2, 0.25) is 5.91 Å². The maximum absolute atomic E-state index is 11.7. The van der Waals surface area contributed by atoms with Gasteiger partial charge in [-0.15, -0.1) is 37.2 Å². The van der Waals surface area contributed by atoms with Crippen molar-refractivity contribution in [1.82, 2.24) is 10.2 Å². The van der Waals surface area contributed by atoms with Crippen molar-refractivity contribution in [2.24, 2.45) is 5.73 Å². The zero-order valence-electron chi connectivity index (χ0n) is 14.7. The number of carbonyl (C=O) groups is 1. The minimum Gasteiger partial charge on any atom is -0.369 e. The molecule has 1 amide bonds. The molecule has 1 aromatic rings. The topological polar surface area (TPSA) is 61.6 Å². The van der Waals surface area contributed by atoms with Crippen molar-refractivity contribution in [2.45, 2.75) is 25.8 Å². The predicted octanol–water partition coefficient (Wildman–Crippen LogP) is 2.32. The largest absolute Gasteiger partial charge is 0.369 e. The van der Waals surface area contributed by atoms with Gasteiger partial charge in [-0.2, -0.15) is 0 Å². The van der Waals surface area contributed by atoms with Crippen LogP contribution in [0.3, 0.4) is 0 Å². The first-order valence-electron chi connectivity index (χ1n) is 8.21. The highest BCUT2D eigenvalue weighted by atomic mass is 35.5. The third-order valence-electron chi connectivity index (χ3n) is 4.04. The third-order valence-corrected chi connectivity index (χ3v) is 4.04. The van der Waals surface area contributed by atoms with Gasteiger partial charge in [-0.3, -0.25) is 9.69 Å². The normalized spacial score (nSPS) is 15.2. The molecule has 5 nitrogen and oxygen atoms in total. The lowest BCUT2D eigenvalue weighted by molar-refractivity contribution is -0.121. The minimum atomic E-state index is 0. The highest BCUT2D eigenvalue weighted by Gasteiger charge is 2.19. The van der Waals surface area contributed by atoms with Crippen LogP contribution < -0.4 is 16.0 Å². The smallest absolute Gasteiger partial charge is 0.220 e. The average molecular weight is 414 g/mol. The van der Waals surface area contributed by atoms with Gasteiger partial charge in [-0.25, -0.2) is 0 Å². The summed E-state index contributed by atoms with van der Waals surface area (Å²) in [5, 5.41) is 3.06. The minimum absolute atomic E-state index is 0. The van der Waals surface area contributed by atoms with E-state index in [9.17, 15) is 4.79 Å². The Kier molecular flexibility index (Phi) is 15.3. The van der Waals surface area contributed by atoms with Crippen molar-refractivity contribution in [3.05, 3.63) is 30.3 Å². The Hall–Kier alpha value is -0.720. The van der Waals surface area contributed by atoms with Crippen LogP contribution in [-0.2, 0) is 4.79 Å². The number of para-hydroxylation sites is 1. The monoisotopic (exact) mass is 412 g/mol. The van der Waals surface area contributed by atoms with Crippen LogP contribution in [0.5, 0.6) is 0 Å². The summed E-state index contributed by atoms with van der Waals surface area (Å²) in [5.41, 5.74) is 6.72. The highest BCUT2D eigenvalue weighted by Crippen LogP contribution is 2.15. The molecule has 1 aromatic carbocycles. The van der Waals surface area contributed by atoms with Gasteiger partial charge >= 0.3 is 0 Å². The van der Waals surface area contributed by atoms with E-state index in [0.29, 0.717) is 13.0 Å². The lowest BCUT2D eigenvalue weighted by Gasteiger charge is -2.37. The van der Waals surface area contributed by atoms with Crippen LogP contribution in [0.2, 0.25) is 0 Å². The van der Waals surface area contributed by atoms with E-state index in [1.807, 2.05) is 0 Å². The average Bonchev–Trinajstić information content (AvgIpc) is 2.54. The molecule has 1 fully saturated rings. The number of carbonyl (C=O) groups excluding carboxylic acids is 1. The molecule has 0 saturated carbocycles. The van der Waals surface area contributed by atoms with Crippen LogP contribution in [0.4, 0.5) is 5.69 Å². The van der Waals surface area contributed by atoms with Gasteiger partial charge in [0, 0.05) is 50.9 Å². The molecule has 0 radical (unpaired) electrons. The summed E-state index contributed by atoms with van der Waals surface area (Å²) in [6.45, 7) is 7.72. The number of benzene rings is 1. The van der Waals surface area contributed by atoms with E-state index in [-0.39, 0.29) is 49.2 Å². The number of piperazine rings is 1. The van der Waals surface area contributed by atoms with E-state index in [1.165, 1.54) is 5.69 Å². The molecule has 0 spiro atoms. The van der Waals surface area contributed by atoms with Gasteiger partial charge in [-0.1, -0.05) is 18.2 Å². The van der Waals surface area contributed by atoms with E-state index in [4.69, 9.17) is 5.73 Å². The molecule has 1 aliphatic heterocycles. The molecule has 146 valence electrons. The molecule has 25 heavy (non-hydrogen) atoms. The second-order valence-corrected chi connectivity index (χ2v) is 5.98. The van der Waals surface area contributed by atoms with E-state index >= 15 is 0 Å². The van der Waals surface area contributed by atoms with Crippen LogP contribution >= 0.6 is 37.2 Å². The molecule has 1 heterocycles. The third kappa shape index (κ3) is 9.52. The number of hydrogen-bond donors (Lipinski definition) is 2. The number of amides is 1. The number of anilines is 1. The first-order chi connectivity index (χ1) is 10.7. The van der Waals surface area contributed by atoms with Crippen molar-refractivity contribution in [1.29, 1.82) is 0 Å². The Bertz CT molecular complexity index is 456. The molecule has 0 bridgehead atoms. The Morgan fingerprint density at radius 1 is 1.12 bits per heavy atom. The van der Waals surface area contributed by atoms with E-state index in [0.717, 1.165) is 39.1 Å². The number of nitrogens with zero attached hydrogens (tertiary/aromatic N) is 2. The van der Waals surface area contributed by atoms with Crippen LogP contribution in [0.25, 0.3) is 0 Å². The zero-order chi connectivity index (χ0) is 15.8. The number of nitrogens with two attached hydrogens (primary N) is 1. The number of halogens is 3. The summed E-state index contributed by atoms with van der Waals surface area (Å²) in [4.78, 5) is 16.5. The van der Waals surface area contributed by atoms with E-state index < -0.39 is 0 Å². The van der Waals surface area contributed by atoms with Gasteiger partial charge in [0.1, 0.15) is 0 Å². The Morgan fingerprint density at radius 3 is 2.28 bits per heavy atom. The summed E-state index contributed by atoms with van der Waals surface area (Å²) in [6, 6.07) is 10.7. The SMILES string of the molecule is CC(CN1CCN(c2ccccc2)CC1)NC(=O)CCCN.Cl.Cl.Cl. The quantitative estimate of drug-likeness (QED) is 0.720. The zero-order valence-corrected chi connectivity index (χ0v) is 17.2. The first kappa shape index (κ1) is 26.5. The second-order valence-electron chi connectivity index (χ2n) is 5.98. The van der Waals surface area contributed by atoms with Gasteiger partial charge < -0.3 is 16.0 Å². The molecule has 3 N–H and O–H groups in total. The Morgan fingerprint density at radius 2 is 1.72 bits per heavy atom. The molecule has 1 aliphatic rings. The fourth-order valence-electron chi connectivity index (χ4n) is 2.87. The predicted molar refractivity (Wildman–Crippen MR) is 113 cm³/mol. The summed E-state index contributed by atoms with van der Waals surface area (Å²) in [7, 11) is 0. The second kappa shape index (κ2) is 14.4. The number of rotatable bonds is 7. The Balaban J connectivity index is 0. The lowest BCUT2D eigenvalue weighted by Crippen LogP contribution is -2.50. The summed E-state index contributed by atoms with van der Waals surface area (Å²) in [5.74, 6) is 0.112. The van der Waals surface area contributed by atoms with Crippen LogP contribution in [0, 0.1) is 0 Å². The van der Waals surface area contributed by atoms with Gasteiger partial charge in [0.15, 0.2) is 0 Å². The summed E-state index contributed by atoms with van der Waals surface area (Å²) >= 11 is 0. The number of nitrogens with one attached hydrogen (secondary N) is 1. The van der Waals surface area contributed by atoms with E-state index in [2.05, 4.69) is 52.4 Å². The molecular formula is C17H31Cl3N4O. The van der Waals surface area contributed by atoms with Crippen molar-refractivity contribution in [3.63, 3.8) is 0 Å². The van der Waals surface area contributed by atoms with Gasteiger partial charge in [0.25, 0.3) is 0 Å². The van der Waals surface area contributed by atoms with Crippen molar-refractivity contribution < 1.29 is 4.79 Å². The van der Waals surface area contributed by atoms with Crippen molar-refractivity contribution in [2.75, 3.05) is 44.2 Å². The molecule has 0 aromatic heterocycles. The van der Waals surface area contributed by atoms with Crippen molar-refractivity contribution in [3.8, 4) is 0 Å². The molecule has 1 saturated heterocycles. The molecular weight excluding hydrogens is 383 g/mol. The molecule has 0 aliphatic carbocycles. The fourth-order valence-corrected chi connectivity index (χ4v) is 2.87. The number of hydrogen-bond acceptors (Lipinski definition) is 4. The maximum atomic E-state index is 11.7. The first-order valence-corrected chi connectivity index (χ1v) is 8.21. The van der Waals surface area contributed by atoms with E-state index in [1.54, 1.807) is 0 Å². The highest BCUT2D eigenvalue weighted by molar-refractivity contribution is 5.86. The maximum Gasteiger partial charge on any atom is 0.220 e. The van der Waals surface area contributed by atoms with Gasteiger partial charge in [0.05, 0.1) is 0 Å². The van der Waals surface area contributed by atoms with Gasteiger partial charge in [-0.05, 0) is 32.0 Å². The molecule has 8 heteroatoms. The van der Waals surface area contributed by atoms with Crippen molar-refractivity contribution >= 4 is 48.8 Å². The standard InChI is InChI=1S/C17H28N4O.3ClH/c1-15(19-17(22)8-5-9-18)14-20-10-12-21(13-11-20)16-6-3-2-4-7-16;;;/h2-4,6-7,15H,5,8-14,18H2,1H3,(H,19,22);3*1H. The molecule has 1 unspecified atom stereocenters. The molecule has 1 atom stereocenters. The Labute approximate surface area is 169 Å². The summed E-state index contributed by atoms with van der Waals surface area (Å²) in [6.07, 6.45) is 1.29. The van der Waals surface area contributed by atoms with Crippen LogP contribution in [0.1, 0.15) is 19.8 Å².